The maximum absolute atomic E-state index is 11.4. The van der Waals surface area contributed by atoms with Gasteiger partial charge >= 0.3 is 16.5 Å². The second kappa shape index (κ2) is 36.0. The summed E-state index contributed by atoms with van der Waals surface area (Å²) >= 11 is 0. The second-order valence-corrected chi connectivity index (χ2v) is 15.0. The Balaban J connectivity index is 0.000000945. The van der Waals surface area contributed by atoms with Crippen LogP contribution in [0.4, 0.5) is 11.4 Å². The summed E-state index contributed by atoms with van der Waals surface area (Å²) in [7, 11) is 0. The predicted octanol–water partition coefficient (Wildman–Crippen LogP) is 14.5. The van der Waals surface area contributed by atoms with Crippen molar-refractivity contribution in [1.29, 1.82) is 0 Å². The molecule has 0 aliphatic carbocycles. The van der Waals surface area contributed by atoms with Crippen LogP contribution in [-0.4, -0.2) is 11.9 Å². The normalized spacial score (nSPS) is 11.1. The van der Waals surface area contributed by atoms with E-state index in [4.69, 9.17) is 4.99 Å². The quantitative estimate of drug-likeness (QED) is 0.0317. The van der Waals surface area contributed by atoms with Gasteiger partial charge in [-0.25, -0.2) is 4.99 Å². The Morgan fingerprint density at radius 3 is 1.43 bits per heavy atom. The predicted molar refractivity (Wildman–Crippen MR) is 236 cm³/mol. The molecule has 0 radical (unpaired) electrons. The summed E-state index contributed by atoms with van der Waals surface area (Å²) in [5.74, 6) is 5.90. The van der Waals surface area contributed by atoms with Gasteiger partial charge in [0.15, 0.2) is 0 Å². The van der Waals surface area contributed by atoms with Crippen LogP contribution in [0.3, 0.4) is 0 Å². The molecule has 4 nitrogen and oxygen atoms in total. The first-order valence-corrected chi connectivity index (χ1v) is 22.3. The molecule has 0 fully saturated rings. The Kier molecular flexibility index (Phi) is 32.6. The molecule has 3 rings (SSSR count). The molecule has 3 aromatic rings. The van der Waals surface area contributed by atoms with Crippen molar-refractivity contribution < 1.29 is 26.7 Å². The van der Waals surface area contributed by atoms with Crippen molar-refractivity contribution in [2.45, 2.75) is 188 Å². The molecule has 0 aliphatic rings. The third kappa shape index (κ3) is 25.7. The third-order valence-electron chi connectivity index (χ3n) is 10.2. The van der Waals surface area contributed by atoms with Gasteiger partial charge in [-0.2, -0.15) is 0 Å². The van der Waals surface area contributed by atoms with E-state index in [1.807, 2.05) is 67.6 Å². The minimum atomic E-state index is -0.378. The molecule has 0 aliphatic heterocycles. The van der Waals surface area contributed by atoms with Crippen LogP contribution in [0.15, 0.2) is 82.8 Å². The molecule has 0 unspecified atom stereocenters. The topological polar surface area (TPSA) is 70.8 Å². The number of benzene rings is 3. The molecule has 0 bridgehead atoms. The zero-order valence-electron chi connectivity index (χ0n) is 35.4. The van der Waals surface area contributed by atoms with E-state index >= 15 is 0 Å². The minimum absolute atomic E-state index is 0. The molecule has 0 heterocycles. The third-order valence-corrected chi connectivity index (χ3v) is 10.2. The summed E-state index contributed by atoms with van der Waals surface area (Å²) in [6, 6.07) is 23.1. The van der Waals surface area contributed by atoms with Crippen molar-refractivity contribution in [3.63, 3.8) is 0 Å². The smallest absolute Gasteiger partial charge is 0.873 e. The monoisotopic (exact) mass is 805 g/mol. The van der Waals surface area contributed by atoms with E-state index in [-0.39, 0.29) is 28.0 Å². The van der Waals surface area contributed by atoms with Crippen molar-refractivity contribution in [2.75, 3.05) is 0 Å². The van der Waals surface area contributed by atoms with Gasteiger partial charge in [-0.15, -0.1) is 11.5 Å². The zero-order chi connectivity index (χ0) is 39.4. The van der Waals surface area contributed by atoms with Gasteiger partial charge in [0.25, 0.3) is 0 Å². The molecule has 0 atom stereocenters. The van der Waals surface area contributed by atoms with Gasteiger partial charge in [0.05, 0.1) is 17.6 Å². The molecular weight excluding hydrogens is 731 g/mol. The fourth-order valence-corrected chi connectivity index (χ4v) is 6.89. The molecule has 0 amide bonds. The van der Waals surface area contributed by atoms with Crippen LogP contribution in [0.1, 0.15) is 186 Å². The van der Waals surface area contributed by atoms with Crippen LogP contribution in [0, 0.1) is 11.8 Å². The fraction of sp³-hybridized carbons (Fsp3) is 0.569. The van der Waals surface area contributed by atoms with E-state index in [9.17, 15) is 10.2 Å². The van der Waals surface area contributed by atoms with Gasteiger partial charge in [-0.3, -0.25) is 4.99 Å². The molecule has 310 valence electrons. The van der Waals surface area contributed by atoms with E-state index in [0.29, 0.717) is 17.7 Å². The molecular formula is C51H74N2NiO2. The summed E-state index contributed by atoms with van der Waals surface area (Å²) in [6.07, 6.45) is 36.4. The van der Waals surface area contributed by atoms with Crippen molar-refractivity contribution in [3.05, 3.63) is 83.9 Å². The molecule has 3 aromatic carbocycles. The van der Waals surface area contributed by atoms with E-state index < -0.39 is 0 Å². The van der Waals surface area contributed by atoms with Gasteiger partial charge in [-0.05, 0) is 55.0 Å². The maximum Gasteiger partial charge on any atom is 2.00 e. The Morgan fingerprint density at radius 2 is 0.982 bits per heavy atom. The van der Waals surface area contributed by atoms with Crippen LogP contribution in [-0.2, 0) is 29.3 Å². The van der Waals surface area contributed by atoms with E-state index in [2.05, 4.69) is 30.7 Å². The average Bonchev–Trinajstić information content (AvgIpc) is 3.21. The maximum atomic E-state index is 11.4. The number of nitrogens with zero attached hydrogens (tertiary/aromatic N) is 2. The van der Waals surface area contributed by atoms with Crippen LogP contribution in [0.2, 0.25) is 0 Å². The number of unbranched alkanes of at least 4 members (excludes halogenated alkanes) is 22. The summed E-state index contributed by atoms with van der Waals surface area (Å²) in [6.45, 7) is 6.28. The Morgan fingerprint density at radius 1 is 0.536 bits per heavy atom. The largest absolute Gasteiger partial charge is 2.00 e. The number of hydrogen-bond acceptors (Lipinski definition) is 4. The second-order valence-electron chi connectivity index (χ2n) is 15.0. The van der Waals surface area contributed by atoms with Crippen molar-refractivity contribution in [3.8, 4) is 23.3 Å². The van der Waals surface area contributed by atoms with Crippen molar-refractivity contribution in [2.24, 2.45) is 9.98 Å². The van der Waals surface area contributed by atoms with Gasteiger partial charge in [-0.1, -0.05) is 222 Å². The molecule has 0 saturated heterocycles. The Labute approximate surface area is 353 Å². The first-order valence-electron chi connectivity index (χ1n) is 22.3. The number of para-hydroxylation sites is 2. The number of aryl methyl sites for hydroxylation is 1. The number of rotatable bonds is 28. The summed E-state index contributed by atoms with van der Waals surface area (Å²) in [5.41, 5.74) is 4.28. The summed E-state index contributed by atoms with van der Waals surface area (Å²) in [5, 5.41) is 22.4. The van der Waals surface area contributed by atoms with Gasteiger partial charge in [0.1, 0.15) is 5.71 Å². The summed E-state index contributed by atoms with van der Waals surface area (Å²) in [4.78, 5) is 9.25. The molecule has 56 heavy (non-hydrogen) atoms. The van der Waals surface area contributed by atoms with Crippen molar-refractivity contribution >= 4 is 23.3 Å². The molecule has 0 N–H and O–H groups in total. The first-order chi connectivity index (χ1) is 27.1. The van der Waals surface area contributed by atoms with E-state index in [1.165, 1.54) is 147 Å². The van der Waals surface area contributed by atoms with Gasteiger partial charge in [0.2, 0.25) is 0 Å². The number of aliphatic imine (C=N–C) groups is 2. The SMILES string of the molecule is CCCCCCCCCCCCCCCCCCCCCCCCC#CC(C=Nc1ccccc1)=Nc1ccccc1.CCCc1ccc([O-])c([O-])c1CC.[Ni+2]. The standard InChI is InChI=1S/C40H60N2.C11H16O2.Ni/c1-2-3-4-5-6-7-8-9-10-11-12-13-14-15-16-17-18-19-20-21-22-23-24-27-36-40(42-39-34-30-26-31-35-39)37-41-38-32-28-25-29-33-38;1-3-5-8-6-7-10(12)11(13)9(8)4-2;/h25-26,28-35,37H,2-24H2,1H3;6-7,12-13H,3-5H2,1-2H3;/q;;+2/p-2. The molecule has 0 spiro atoms. The van der Waals surface area contributed by atoms with Crippen LogP contribution < -0.4 is 10.2 Å². The first kappa shape index (κ1) is 50.7. The molecule has 0 saturated carbocycles. The molecule has 5 heteroatoms. The van der Waals surface area contributed by atoms with E-state index in [0.717, 1.165) is 36.2 Å². The minimum Gasteiger partial charge on any atom is -0.873 e. The van der Waals surface area contributed by atoms with Gasteiger partial charge in [0, 0.05) is 6.42 Å². The number of hydrogen-bond donors (Lipinski definition) is 0. The Hall–Kier alpha value is -3.35. The average molecular weight is 806 g/mol. The van der Waals surface area contributed by atoms with Crippen molar-refractivity contribution in [1.82, 2.24) is 0 Å². The summed E-state index contributed by atoms with van der Waals surface area (Å²) < 4.78 is 0. The van der Waals surface area contributed by atoms with Crippen LogP contribution in [0.25, 0.3) is 0 Å². The molecule has 0 aromatic heterocycles. The zero-order valence-corrected chi connectivity index (χ0v) is 36.4. The van der Waals surface area contributed by atoms with E-state index in [1.54, 1.807) is 12.3 Å². The van der Waals surface area contributed by atoms with Crippen LogP contribution >= 0.6 is 0 Å². The van der Waals surface area contributed by atoms with Crippen LogP contribution in [0.5, 0.6) is 11.5 Å². The Bertz CT molecular complexity index is 1480. The van der Waals surface area contributed by atoms with Gasteiger partial charge < -0.3 is 10.2 Å². The fourth-order valence-electron chi connectivity index (χ4n) is 6.89.